The van der Waals surface area contributed by atoms with Crippen molar-refractivity contribution in [2.45, 2.75) is 109 Å². The Morgan fingerprint density at radius 3 is 1.00 bits per heavy atom. The number of furan rings is 3. The van der Waals surface area contributed by atoms with Crippen LogP contribution < -0.4 is 44.8 Å². The molecule has 0 spiro atoms. The van der Waals surface area contributed by atoms with Crippen LogP contribution in [0, 0.1) is 80.9 Å². The Bertz CT molecular complexity index is 6850. The number of rotatable bonds is 9. The zero-order chi connectivity index (χ0) is 78.2. The van der Waals surface area contributed by atoms with Crippen LogP contribution in [-0.2, 0) is 21.1 Å². The quantitative estimate of drug-likeness (QED) is 0.107. The summed E-state index contributed by atoms with van der Waals surface area (Å²) >= 11 is 0. The van der Waals surface area contributed by atoms with Crippen molar-refractivity contribution in [1.82, 2.24) is 0 Å². The molecule has 0 bridgehead atoms. The Balaban J connectivity index is 0.000000126. The van der Waals surface area contributed by atoms with Gasteiger partial charge in [-0.1, -0.05) is 199 Å². The van der Waals surface area contributed by atoms with Gasteiger partial charge in [-0.15, -0.1) is 0 Å². The largest absolute Gasteiger partial charge is 0.455 e. The highest BCUT2D eigenvalue weighted by Crippen LogP contribution is 2.44. The fourth-order valence-corrected chi connectivity index (χ4v) is 25.7. The average molecular weight is 1510 g/mol. The van der Waals surface area contributed by atoms with E-state index in [1.165, 1.54) is 148 Å². The van der Waals surface area contributed by atoms with E-state index in [0.29, 0.717) is 16.7 Å². The van der Waals surface area contributed by atoms with Crippen molar-refractivity contribution in [2.24, 2.45) is 21.1 Å². The lowest BCUT2D eigenvalue weighted by molar-refractivity contribution is -0.633. The predicted molar refractivity (Wildman–Crippen MR) is 470 cm³/mol. The first-order valence-electron chi connectivity index (χ1n) is 38.7. The molecule has 552 valence electrons. The third-order valence-electron chi connectivity index (χ3n) is 24.7. The van der Waals surface area contributed by atoms with Crippen molar-refractivity contribution in [3.63, 3.8) is 0 Å². The Morgan fingerprint density at radius 2 is 0.604 bits per heavy atom. The van der Waals surface area contributed by atoms with Crippen molar-refractivity contribution in [2.75, 3.05) is 0 Å². The van der Waals surface area contributed by atoms with Crippen LogP contribution in [0.5, 0.6) is 0 Å². The molecule has 0 radical (unpaired) electrons. The van der Waals surface area contributed by atoms with E-state index in [0.717, 1.165) is 66.4 Å². The van der Waals surface area contributed by atoms with E-state index in [1.807, 2.05) is 12.1 Å². The highest BCUT2D eigenvalue weighted by molar-refractivity contribution is 7.03. The fraction of sp³-hybridized carbons (Fsp3) is 0.190. The topological polar surface area (TPSA) is 51.1 Å². The Hall–Kier alpha value is -11.2. The monoisotopic (exact) mass is 1510 g/mol. The molecule has 6 nitrogen and oxygen atoms in total. The minimum atomic E-state index is -2.07. The van der Waals surface area contributed by atoms with Gasteiger partial charge in [0.05, 0.1) is 16.7 Å². The molecule has 0 fully saturated rings. The van der Waals surface area contributed by atoms with Gasteiger partial charge < -0.3 is 13.3 Å². The Labute approximate surface area is 652 Å². The van der Waals surface area contributed by atoms with E-state index in [2.05, 4.69) is 343 Å². The number of nitrogens with zero attached hydrogens (tertiary/aromatic N) is 3. The van der Waals surface area contributed by atoms with Gasteiger partial charge in [-0.25, -0.2) is 8.78 Å². The van der Waals surface area contributed by atoms with Gasteiger partial charge in [0.2, 0.25) is 33.6 Å². The maximum Gasteiger partial charge on any atom is 0.216 e. The van der Waals surface area contributed by atoms with Gasteiger partial charge >= 0.3 is 0 Å². The standard InChI is InChI=1S/C34H33FNOSi.C33H31FNOSi.C33H32NOSi/c1-20-13-16-29-27(17-20)31(38(6,7)24-11-9-8-10-12-24)19-30(36(29)5)32-22(3)21(2)18-26-25-14-15-28(35)23(4)33(25)37-34(26)32;1-20-12-15-28-27(16-20)31(37(5,6)24-10-8-7-9-11-24)19-29(35(28)4)32-22(3)21(2)17-26-25-14-13-23(34)18-30(25)36-33(26)32;1-21-16-17-28-27(18-21)31(36(5,6)24-12-8-7-9-13-24)20-29(34(28)4)32-23(3)22(2)19-26-25-14-10-11-15-30(25)35-33(26)32/h8-19H,1-7H3;7-19H,1-6H3;7-20H,1-6H3/q3*+1. The Kier molecular flexibility index (Phi) is 18.6. The highest BCUT2D eigenvalue weighted by Gasteiger charge is 2.38. The summed E-state index contributed by atoms with van der Waals surface area (Å²) < 4.78 is 55.1. The van der Waals surface area contributed by atoms with Crippen molar-refractivity contribution in [3.8, 4) is 33.8 Å². The van der Waals surface area contributed by atoms with Crippen molar-refractivity contribution >= 4 is 154 Å². The van der Waals surface area contributed by atoms with Gasteiger partial charge in [-0.05, 0) is 185 Å². The van der Waals surface area contributed by atoms with Crippen LogP contribution in [-0.4, -0.2) is 24.2 Å². The molecule has 0 amide bonds. The van der Waals surface area contributed by atoms with Crippen molar-refractivity contribution in [1.29, 1.82) is 0 Å². The number of hydrogen-bond donors (Lipinski definition) is 0. The molecule has 0 aliphatic heterocycles. The first-order valence-corrected chi connectivity index (χ1v) is 47.7. The molecule has 0 saturated carbocycles. The highest BCUT2D eigenvalue weighted by atomic mass is 28.3. The fourth-order valence-electron chi connectivity index (χ4n) is 17.5. The summed E-state index contributed by atoms with van der Waals surface area (Å²) in [6, 6.07) is 83.8. The minimum Gasteiger partial charge on any atom is -0.455 e. The van der Waals surface area contributed by atoms with Gasteiger partial charge in [-0.2, -0.15) is 13.7 Å². The SMILES string of the molecule is Cc1ccc2c(c1)c([Si](C)(C)c1ccccc1)cc(-c1c(C)c(C)cc3c1oc1c(C)c(F)ccc13)[n+]2C.Cc1ccc2c(c1)c([Si](C)(C)c1ccccc1)cc(-c1c(C)c(C)cc3c1oc1cc(F)ccc13)[n+]2C.Cc1ccc2c(c1)c([Si](C)(C)c1ccccc1)cc(-c1c(C)c(C)cc3c1oc1ccccc13)[n+]2C. The molecule has 0 atom stereocenters. The van der Waals surface area contributed by atoms with Gasteiger partial charge in [0.1, 0.15) is 90.5 Å². The third kappa shape index (κ3) is 12.4. The van der Waals surface area contributed by atoms with Crippen LogP contribution in [0.3, 0.4) is 0 Å². The molecule has 12 aromatic carbocycles. The molecular weight excluding hydrogens is 1410 g/mol. The second-order valence-corrected chi connectivity index (χ2v) is 45.8. The average Bonchev–Trinajstić information content (AvgIpc) is 1.70. The molecule has 0 saturated heterocycles. The lowest BCUT2D eigenvalue weighted by atomic mass is 9.95. The predicted octanol–water partition coefficient (Wildman–Crippen LogP) is 21.5. The molecule has 6 heterocycles. The minimum absolute atomic E-state index is 0.240. The summed E-state index contributed by atoms with van der Waals surface area (Å²) in [5.41, 5.74) is 26.9. The summed E-state index contributed by atoms with van der Waals surface area (Å²) in [7, 11) is 0.353. The van der Waals surface area contributed by atoms with Crippen LogP contribution in [0.2, 0.25) is 39.3 Å². The van der Waals surface area contributed by atoms with E-state index in [9.17, 15) is 8.78 Å². The smallest absolute Gasteiger partial charge is 0.216 e. The lowest BCUT2D eigenvalue weighted by Crippen LogP contribution is -2.54. The number of pyridine rings is 3. The number of aromatic nitrogens is 3. The molecule has 0 N–H and O–H groups in total. The normalized spacial score (nSPS) is 12.2. The van der Waals surface area contributed by atoms with E-state index >= 15 is 0 Å². The molecule has 0 aliphatic carbocycles. The van der Waals surface area contributed by atoms with Crippen molar-refractivity contribution < 1.29 is 35.7 Å². The van der Waals surface area contributed by atoms with Crippen LogP contribution in [0.15, 0.2) is 250 Å². The van der Waals surface area contributed by atoms with E-state index in [-0.39, 0.29) is 11.6 Å². The number of aryl methyl sites for hydroxylation is 10. The first-order chi connectivity index (χ1) is 53.0. The summed E-state index contributed by atoms with van der Waals surface area (Å²) in [6.07, 6.45) is 0. The molecule has 0 unspecified atom stereocenters. The van der Waals surface area contributed by atoms with Gasteiger partial charge in [0.25, 0.3) is 0 Å². The first kappa shape index (κ1) is 73.9. The van der Waals surface area contributed by atoms with E-state index in [4.69, 9.17) is 13.3 Å². The zero-order valence-corrected chi connectivity index (χ0v) is 70.3. The maximum absolute atomic E-state index is 14.5. The summed E-state index contributed by atoms with van der Waals surface area (Å²) in [4.78, 5) is 0. The van der Waals surface area contributed by atoms with Gasteiger partial charge in [0, 0.05) is 96.5 Å². The summed E-state index contributed by atoms with van der Waals surface area (Å²) in [5.74, 6) is -0.526. The van der Waals surface area contributed by atoms with Gasteiger partial charge in [0.15, 0.2) is 0 Å². The zero-order valence-electron chi connectivity index (χ0n) is 67.3. The number of benzene rings is 12. The van der Waals surface area contributed by atoms with E-state index in [1.54, 1.807) is 13.0 Å². The van der Waals surface area contributed by atoms with Gasteiger partial charge in [-0.3, -0.25) is 0 Å². The third-order valence-corrected chi connectivity index (χ3v) is 35.3. The Morgan fingerprint density at radius 1 is 0.270 bits per heavy atom. The molecule has 6 aromatic heterocycles. The van der Waals surface area contributed by atoms with Crippen molar-refractivity contribution in [3.05, 3.63) is 304 Å². The second-order valence-electron chi connectivity index (χ2n) is 32.7. The van der Waals surface area contributed by atoms with E-state index < -0.39 is 24.2 Å². The molecule has 111 heavy (non-hydrogen) atoms. The number of halogens is 2. The maximum atomic E-state index is 14.5. The van der Waals surface area contributed by atoms with Crippen LogP contribution in [0.1, 0.15) is 55.6 Å². The molecular formula is C100H96F2N3O3Si3+3. The summed E-state index contributed by atoms with van der Waals surface area (Å²) in [5, 5.41) is 18.8. The van der Waals surface area contributed by atoms with Crippen LogP contribution >= 0.6 is 0 Å². The molecule has 0 aliphatic rings. The second kappa shape index (κ2) is 28.0. The van der Waals surface area contributed by atoms with Crippen LogP contribution in [0.4, 0.5) is 8.78 Å². The number of para-hydroxylation sites is 1. The summed E-state index contributed by atoms with van der Waals surface area (Å²) in [6.45, 7) is 36.1. The number of fused-ring (bicyclic) bond motifs is 12. The molecule has 18 aromatic rings. The molecule has 18 rings (SSSR count). The number of hydrogen-bond acceptors (Lipinski definition) is 3. The molecule has 11 heteroatoms. The van der Waals surface area contributed by atoms with Crippen LogP contribution in [0.25, 0.3) is 132 Å². The lowest BCUT2D eigenvalue weighted by Gasteiger charge is -2.25.